The lowest BCUT2D eigenvalue weighted by atomic mass is 9.74. The van der Waals surface area contributed by atoms with Crippen molar-refractivity contribution in [2.75, 3.05) is 31.6 Å². The predicted molar refractivity (Wildman–Crippen MR) is 77.9 cm³/mol. The quantitative estimate of drug-likeness (QED) is 0.728. The highest BCUT2D eigenvalue weighted by atomic mass is 35.5. The Morgan fingerprint density at radius 3 is 2.63 bits per heavy atom. The number of rotatable bonds is 0. The smallest absolute Gasteiger partial charge is 0.223 e. The number of carbonyl (C=O) groups is 1. The minimum absolute atomic E-state index is 0.110. The van der Waals surface area contributed by atoms with Crippen molar-refractivity contribution in [3.05, 3.63) is 28.8 Å². The Balaban J connectivity index is 2.05. The average Bonchev–Trinajstić information content (AvgIpc) is 2.68. The third kappa shape index (κ3) is 2.05. The Hall–Kier alpha value is -1.06. The number of piperidine rings is 1. The summed E-state index contributed by atoms with van der Waals surface area (Å²) in [6.07, 6.45) is 2.20. The zero-order valence-corrected chi connectivity index (χ0v) is 12.2. The molecule has 2 aliphatic rings. The molecule has 0 aromatic heterocycles. The number of halogens is 1. The molecule has 1 fully saturated rings. The molecule has 0 unspecified atom stereocenters. The molecular weight excluding hydrogens is 260 g/mol. The van der Waals surface area contributed by atoms with Crippen molar-refractivity contribution < 1.29 is 4.79 Å². The number of benzene rings is 1. The van der Waals surface area contributed by atoms with Crippen molar-refractivity contribution in [1.29, 1.82) is 0 Å². The second-order valence-electron chi connectivity index (χ2n) is 5.85. The maximum absolute atomic E-state index is 11.9. The van der Waals surface area contributed by atoms with Gasteiger partial charge >= 0.3 is 0 Å². The minimum atomic E-state index is 0.110. The first-order valence-electron chi connectivity index (χ1n) is 6.78. The molecule has 0 radical (unpaired) electrons. The summed E-state index contributed by atoms with van der Waals surface area (Å²) in [6, 6.07) is 5.93. The molecule has 3 nitrogen and oxygen atoms in total. The van der Waals surface area contributed by atoms with Gasteiger partial charge in [-0.3, -0.25) is 4.79 Å². The number of carbonyl (C=O) groups excluding carboxylic acids is 1. The Kier molecular flexibility index (Phi) is 3.06. The molecule has 1 saturated heterocycles. The molecule has 0 bridgehead atoms. The monoisotopic (exact) mass is 278 g/mol. The topological polar surface area (TPSA) is 23.6 Å². The Morgan fingerprint density at radius 1 is 1.32 bits per heavy atom. The van der Waals surface area contributed by atoms with Gasteiger partial charge < -0.3 is 9.80 Å². The van der Waals surface area contributed by atoms with Crippen LogP contribution in [0, 0.1) is 0 Å². The molecule has 4 heteroatoms. The van der Waals surface area contributed by atoms with Crippen molar-refractivity contribution in [3.8, 4) is 0 Å². The molecule has 3 rings (SSSR count). The number of nitrogens with zero attached hydrogens (tertiary/aromatic N) is 2. The van der Waals surface area contributed by atoms with Crippen molar-refractivity contribution >= 4 is 23.2 Å². The summed E-state index contributed by atoms with van der Waals surface area (Å²) in [5.74, 6) is 0.124. The van der Waals surface area contributed by atoms with Crippen LogP contribution in [0.2, 0.25) is 5.02 Å². The molecule has 19 heavy (non-hydrogen) atoms. The van der Waals surface area contributed by atoms with Crippen molar-refractivity contribution in [3.63, 3.8) is 0 Å². The summed E-state index contributed by atoms with van der Waals surface area (Å²) in [5, 5.41) is 0.766. The van der Waals surface area contributed by atoms with E-state index in [1.165, 1.54) is 5.56 Å². The third-order valence-electron chi connectivity index (χ3n) is 4.61. The summed E-state index contributed by atoms with van der Waals surface area (Å²) in [5.41, 5.74) is 2.43. The van der Waals surface area contributed by atoms with E-state index in [4.69, 9.17) is 11.6 Å². The van der Waals surface area contributed by atoms with E-state index in [0.717, 1.165) is 43.2 Å². The number of hydrogen-bond acceptors (Lipinski definition) is 2. The molecule has 1 amide bonds. The maximum Gasteiger partial charge on any atom is 0.223 e. The number of hydrogen-bond donors (Lipinski definition) is 0. The highest BCUT2D eigenvalue weighted by molar-refractivity contribution is 6.30. The molecule has 0 saturated carbocycles. The highest BCUT2D eigenvalue weighted by Gasteiger charge is 2.45. The molecule has 1 aromatic rings. The molecule has 0 atom stereocenters. The standard InChI is InChI=1S/C15H19ClN2O/c1-11(19)18-10-15(5-7-17(2)8-6-15)13-9-12(16)3-4-14(13)18/h3-4,9H,5-8,10H2,1-2H3. The normalized spacial score (nSPS) is 21.7. The van der Waals surface area contributed by atoms with Crippen LogP contribution in [0.3, 0.4) is 0 Å². The van der Waals surface area contributed by atoms with Crippen LogP contribution in [0.15, 0.2) is 18.2 Å². The van der Waals surface area contributed by atoms with Gasteiger partial charge in [0.2, 0.25) is 5.91 Å². The van der Waals surface area contributed by atoms with Gasteiger partial charge in [-0.1, -0.05) is 11.6 Å². The van der Waals surface area contributed by atoms with E-state index in [-0.39, 0.29) is 11.3 Å². The number of anilines is 1. The second-order valence-corrected chi connectivity index (χ2v) is 6.29. The van der Waals surface area contributed by atoms with E-state index in [1.54, 1.807) is 6.92 Å². The van der Waals surface area contributed by atoms with Crippen LogP contribution in [0.25, 0.3) is 0 Å². The van der Waals surface area contributed by atoms with E-state index >= 15 is 0 Å². The predicted octanol–water partition coefficient (Wildman–Crippen LogP) is 2.67. The van der Waals surface area contributed by atoms with E-state index in [1.807, 2.05) is 17.0 Å². The van der Waals surface area contributed by atoms with Gasteiger partial charge in [-0.15, -0.1) is 0 Å². The Labute approximate surface area is 119 Å². The first-order chi connectivity index (χ1) is 9.02. The molecule has 1 aromatic carbocycles. The lowest BCUT2D eigenvalue weighted by molar-refractivity contribution is -0.116. The minimum Gasteiger partial charge on any atom is -0.311 e. The van der Waals surface area contributed by atoms with Crippen LogP contribution in [0.1, 0.15) is 25.3 Å². The zero-order valence-electron chi connectivity index (χ0n) is 11.4. The molecule has 0 aliphatic carbocycles. The average molecular weight is 279 g/mol. The van der Waals surface area contributed by atoms with Crippen LogP contribution >= 0.6 is 11.6 Å². The molecule has 2 aliphatic heterocycles. The van der Waals surface area contributed by atoms with Crippen molar-refractivity contribution in [2.45, 2.75) is 25.2 Å². The van der Waals surface area contributed by atoms with Gasteiger partial charge in [0.15, 0.2) is 0 Å². The number of likely N-dealkylation sites (tertiary alicyclic amines) is 1. The summed E-state index contributed by atoms with van der Waals surface area (Å²) in [7, 11) is 2.16. The number of amides is 1. The van der Waals surface area contributed by atoms with Crippen LogP contribution in [0.5, 0.6) is 0 Å². The molecule has 102 valence electrons. The fourth-order valence-electron chi connectivity index (χ4n) is 3.40. The van der Waals surface area contributed by atoms with Gasteiger partial charge in [-0.05, 0) is 56.7 Å². The second kappa shape index (κ2) is 4.50. The zero-order chi connectivity index (χ0) is 13.6. The highest BCUT2D eigenvalue weighted by Crippen LogP contribution is 2.47. The van der Waals surface area contributed by atoms with Gasteiger partial charge in [-0.25, -0.2) is 0 Å². The van der Waals surface area contributed by atoms with E-state index in [0.29, 0.717) is 0 Å². The fourth-order valence-corrected chi connectivity index (χ4v) is 3.57. The lowest BCUT2D eigenvalue weighted by Gasteiger charge is -2.38. The fraction of sp³-hybridized carbons (Fsp3) is 0.533. The molecule has 0 N–H and O–H groups in total. The third-order valence-corrected chi connectivity index (χ3v) is 4.84. The Bertz CT molecular complexity index is 521. The van der Waals surface area contributed by atoms with Gasteiger partial charge in [0.25, 0.3) is 0 Å². The number of fused-ring (bicyclic) bond motifs is 2. The van der Waals surface area contributed by atoms with Crippen LogP contribution in [-0.2, 0) is 10.2 Å². The lowest BCUT2D eigenvalue weighted by Crippen LogP contribution is -2.44. The first kappa shape index (κ1) is 12.9. The van der Waals surface area contributed by atoms with E-state index in [9.17, 15) is 4.79 Å². The summed E-state index contributed by atoms with van der Waals surface area (Å²) >= 11 is 6.17. The molecule has 2 heterocycles. The van der Waals surface area contributed by atoms with Crippen LogP contribution in [0.4, 0.5) is 5.69 Å². The van der Waals surface area contributed by atoms with Crippen molar-refractivity contribution in [1.82, 2.24) is 4.90 Å². The Morgan fingerprint density at radius 2 is 2.00 bits per heavy atom. The summed E-state index contributed by atoms with van der Waals surface area (Å²) in [6.45, 7) is 4.62. The van der Waals surface area contributed by atoms with E-state index in [2.05, 4.69) is 18.0 Å². The SMILES string of the molecule is CC(=O)N1CC2(CCN(C)CC2)c2cc(Cl)ccc21. The van der Waals surface area contributed by atoms with Crippen LogP contribution in [-0.4, -0.2) is 37.5 Å². The van der Waals surface area contributed by atoms with Gasteiger partial charge in [0.1, 0.15) is 0 Å². The van der Waals surface area contributed by atoms with Crippen LogP contribution < -0.4 is 4.90 Å². The molecular formula is C15H19ClN2O. The summed E-state index contributed by atoms with van der Waals surface area (Å²) in [4.78, 5) is 16.1. The van der Waals surface area contributed by atoms with Gasteiger partial charge in [-0.2, -0.15) is 0 Å². The van der Waals surface area contributed by atoms with E-state index < -0.39 is 0 Å². The molecule has 1 spiro atoms. The maximum atomic E-state index is 11.9. The summed E-state index contributed by atoms with van der Waals surface area (Å²) < 4.78 is 0. The van der Waals surface area contributed by atoms with Gasteiger partial charge in [0.05, 0.1) is 0 Å². The largest absolute Gasteiger partial charge is 0.311 e. The van der Waals surface area contributed by atoms with Crippen molar-refractivity contribution in [2.24, 2.45) is 0 Å². The van der Waals surface area contributed by atoms with Gasteiger partial charge in [0, 0.05) is 29.6 Å². The first-order valence-corrected chi connectivity index (χ1v) is 7.16.